The van der Waals surface area contributed by atoms with Crippen LogP contribution in [0.25, 0.3) is 0 Å². The molecule has 1 saturated heterocycles. The molecule has 1 fully saturated rings. The summed E-state index contributed by atoms with van der Waals surface area (Å²) in [6.45, 7) is 1.56. The minimum Gasteiger partial charge on any atom is -0.339 e. The number of carbonyl (C=O) groups is 1. The van der Waals surface area contributed by atoms with Crippen molar-refractivity contribution in [3.63, 3.8) is 0 Å². The van der Waals surface area contributed by atoms with Crippen molar-refractivity contribution < 1.29 is 4.79 Å². The summed E-state index contributed by atoms with van der Waals surface area (Å²) in [6, 6.07) is 8.06. The molecule has 0 atom stereocenters. The number of hydrogen-bond donors (Lipinski definition) is 1. The Hall–Kier alpha value is -1.00. The average Bonchev–Trinajstić information content (AvgIpc) is 2.39. The van der Waals surface area contributed by atoms with E-state index in [4.69, 9.17) is 5.73 Å². The highest BCUT2D eigenvalue weighted by Crippen LogP contribution is 2.17. The van der Waals surface area contributed by atoms with Gasteiger partial charge in [0.25, 0.3) is 5.91 Å². The quantitative estimate of drug-likeness (QED) is 0.816. The SMILES string of the molecule is CSc1ccc(C(=O)N2CCC(N)CC2)cc1. The molecule has 4 heteroatoms. The van der Waals surface area contributed by atoms with Crippen LogP contribution in [0.1, 0.15) is 23.2 Å². The van der Waals surface area contributed by atoms with Crippen LogP contribution in [-0.2, 0) is 0 Å². The van der Waals surface area contributed by atoms with Crippen molar-refractivity contribution >= 4 is 17.7 Å². The molecule has 0 spiro atoms. The standard InChI is InChI=1S/C13H18N2OS/c1-17-12-4-2-10(3-5-12)13(16)15-8-6-11(14)7-9-15/h2-5,11H,6-9,14H2,1H3. The van der Waals surface area contributed by atoms with Gasteiger partial charge in [-0.1, -0.05) is 0 Å². The second-order valence-corrected chi connectivity index (χ2v) is 5.24. The second-order valence-electron chi connectivity index (χ2n) is 4.36. The van der Waals surface area contributed by atoms with Gasteiger partial charge < -0.3 is 10.6 Å². The zero-order valence-electron chi connectivity index (χ0n) is 10.1. The van der Waals surface area contributed by atoms with Gasteiger partial charge in [-0.25, -0.2) is 0 Å². The van der Waals surface area contributed by atoms with Crippen LogP contribution in [0.4, 0.5) is 0 Å². The van der Waals surface area contributed by atoms with Gasteiger partial charge in [-0.2, -0.15) is 0 Å². The summed E-state index contributed by atoms with van der Waals surface area (Å²) in [7, 11) is 0. The first-order chi connectivity index (χ1) is 8.20. The normalized spacial score (nSPS) is 17.2. The van der Waals surface area contributed by atoms with Gasteiger partial charge in [-0.3, -0.25) is 4.79 Å². The Labute approximate surface area is 106 Å². The van der Waals surface area contributed by atoms with E-state index < -0.39 is 0 Å². The maximum Gasteiger partial charge on any atom is 0.253 e. The third-order valence-electron chi connectivity index (χ3n) is 3.16. The maximum absolute atomic E-state index is 12.2. The molecule has 1 aromatic carbocycles. The molecule has 92 valence electrons. The second kappa shape index (κ2) is 5.56. The Morgan fingerprint density at radius 2 is 1.88 bits per heavy atom. The number of hydrogen-bond acceptors (Lipinski definition) is 3. The summed E-state index contributed by atoms with van der Waals surface area (Å²) in [4.78, 5) is 15.3. The first kappa shape index (κ1) is 12.5. The van der Waals surface area contributed by atoms with Crippen molar-refractivity contribution in [2.24, 2.45) is 5.73 Å². The van der Waals surface area contributed by atoms with E-state index >= 15 is 0 Å². The predicted octanol–water partition coefficient (Wildman–Crippen LogP) is 1.97. The summed E-state index contributed by atoms with van der Waals surface area (Å²) in [5, 5.41) is 0. The van der Waals surface area contributed by atoms with E-state index in [1.165, 1.54) is 4.90 Å². The van der Waals surface area contributed by atoms with E-state index in [-0.39, 0.29) is 11.9 Å². The number of carbonyl (C=O) groups excluding carboxylic acids is 1. The van der Waals surface area contributed by atoms with Crippen LogP contribution in [-0.4, -0.2) is 36.2 Å². The number of likely N-dealkylation sites (tertiary alicyclic amines) is 1. The molecule has 1 heterocycles. The van der Waals surface area contributed by atoms with Crippen LogP contribution in [0.5, 0.6) is 0 Å². The monoisotopic (exact) mass is 250 g/mol. The van der Waals surface area contributed by atoms with Crippen LogP contribution < -0.4 is 5.73 Å². The third kappa shape index (κ3) is 3.01. The van der Waals surface area contributed by atoms with Crippen molar-refractivity contribution in [1.29, 1.82) is 0 Å². The Kier molecular flexibility index (Phi) is 4.07. The van der Waals surface area contributed by atoms with Crippen molar-refractivity contribution in [3.8, 4) is 0 Å². The molecule has 3 nitrogen and oxygen atoms in total. The highest BCUT2D eigenvalue weighted by atomic mass is 32.2. The van der Waals surface area contributed by atoms with E-state index in [1.807, 2.05) is 35.4 Å². The number of amides is 1. The summed E-state index contributed by atoms with van der Waals surface area (Å²) < 4.78 is 0. The fourth-order valence-electron chi connectivity index (χ4n) is 2.02. The number of nitrogens with two attached hydrogens (primary N) is 1. The van der Waals surface area contributed by atoms with Gasteiger partial charge in [0.1, 0.15) is 0 Å². The number of rotatable bonds is 2. The minimum absolute atomic E-state index is 0.129. The number of piperidine rings is 1. The van der Waals surface area contributed by atoms with E-state index in [1.54, 1.807) is 11.8 Å². The van der Waals surface area contributed by atoms with E-state index in [9.17, 15) is 4.79 Å². The Bertz CT molecular complexity index is 383. The molecule has 0 radical (unpaired) electrons. The molecule has 17 heavy (non-hydrogen) atoms. The molecule has 0 saturated carbocycles. The fourth-order valence-corrected chi connectivity index (χ4v) is 2.43. The molecule has 1 aliphatic rings. The zero-order valence-corrected chi connectivity index (χ0v) is 10.9. The molecule has 0 unspecified atom stereocenters. The lowest BCUT2D eigenvalue weighted by molar-refractivity contribution is 0.0714. The van der Waals surface area contributed by atoms with Crippen LogP contribution in [0.3, 0.4) is 0 Å². The Morgan fingerprint density at radius 1 is 1.29 bits per heavy atom. The highest BCUT2D eigenvalue weighted by molar-refractivity contribution is 7.98. The molecule has 0 aliphatic carbocycles. The highest BCUT2D eigenvalue weighted by Gasteiger charge is 2.21. The van der Waals surface area contributed by atoms with Crippen molar-refractivity contribution in [1.82, 2.24) is 4.90 Å². The molecule has 0 aromatic heterocycles. The number of thioether (sulfide) groups is 1. The van der Waals surface area contributed by atoms with Gasteiger partial charge in [-0.05, 0) is 43.4 Å². The van der Waals surface area contributed by atoms with Crippen LogP contribution >= 0.6 is 11.8 Å². The van der Waals surface area contributed by atoms with E-state index in [2.05, 4.69) is 0 Å². The third-order valence-corrected chi connectivity index (χ3v) is 3.91. The molecular weight excluding hydrogens is 232 g/mol. The molecule has 1 aliphatic heterocycles. The molecule has 2 N–H and O–H groups in total. The number of nitrogens with zero attached hydrogens (tertiary/aromatic N) is 1. The first-order valence-corrected chi connectivity index (χ1v) is 7.12. The van der Waals surface area contributed by atoms with Gasteiger partial charge in [-0.15, -0.1) is 11.8 Å². The fraction of sp³-hybridized carbons (Fsp3) is 0.462. The van der Waals surface area contributed by atoms with Gasteiger partial charge in [0.05, 0.1) is 0 Å². The summed E-state index contributed by atoms with van der Waals surface area (Å²) in [6.07, 6.45) is 3.85. The summed E-state index contributed by atoms with van der Waals surface area (Å²) >= 11 is 1.68. The van der Waals surface area contributed by atoms with Crippen molar-refractivity contribution in [2.75, 3.05) is 19.3 Å². The lowest BCUT2D eigenvalue weighted by Crippen LogP contribution is -2.42. The number of benzene rings is 1. The topological polar surface area (TPSA) is 46.3 Å². The lowest BCUT2D eigenvalue weighted by Gasteiger charge is -2.30. The molecular formula is C13H18N2OS. The van der Waals surface area contributed by atoms with E-state index in [0.29, 0.717) is 0 Å². The minimum atomic E-state index is 0.129. The van der Waals surface area contributed by atoms with Crippen LogP contribution in [0.2, 0.25) is 0 Å². The predicted molar refractivity (Wildman–Crippen MR) is 71.3 cm³/mol. The van der Waals surface area contributed by atoms with Gasteiger partial charge in [0.2, 0.25) is 0 Å². The van der Waals surface area contributed by atoms with Crippen molar-refractivity contribution in [3.05, 3.63) is 29.8 Å². The lowest BCUT2D eigenvalue weighted by atomic mass is 10.1. The van der Waals surface area contributed by atoms with Crippen molar-refractivity contribution in [2.45, 2.75) is 23.8 Å². The smallest absolute Gasteiger partial charge is 0.253 e. The zero-order chi connectivity index (χ0) is 12.3. The first-order valence-electron chi connectivity index (χ1n) is 5.89. The van der Waals surface area contributed by atoms with E-state index in [0.717, 1.165) is 31.5 Å². The summed E-state index contributed by atoms with van der Waals surface area (Å²) in [5.74, 6) is 0.129. The maximum atomic E-state index is 12.2. The summed E-state index contributed by atoms with van der Waals surface area (Å²) in [5.41, 5.74) is 6.61. The van der Waals surface area contributed by atoms with Crippen LogP contribution in [0.15, 0.2) is 29.2 Å². The Balaban J connectivity index is 2.03. The largest absolute Gasteiger partial charge is 0.339 e. The van der Waals surface area contributed by atoms with Gasteiger partial charge in [0.15, 0.2) is 0 Å². The van der Waals surface area contributed by atoms with Gasteiger partial charge in [0, 0.05) is 29.6 Å². The van der Waals surface area contributed by atoms with Crippen LogP contribution in [0, 0.1) is 0 Å². The average molecular weight is 250 g/mol. The Morgan fingerprint density at radius 3 is 2.41 bits per heavy atom. The molecule has 1 amide bonds. The molecule has 0 bridgehead atoms. The molecule has 2 rings (SSSR count). The molecule has 1 aromatic rings. The van der Waals surface area contributed by atoms with Gasteiger partial charge >= 0.3 is 0 Å².